The fourth-order valence-electron chi connectivity index (χ4n) is 3.58. The van der Waals surface area contributed by atoms with E-state index < -0.39 is 35.2 Å². The van der Waals surface area contributed by atoms with Crippen molar-refractivity contribution < 1.29 is 31.4 Å². The van der Waals surface area contributed by atoms with Crippen molar-refractivity contribution in [3.8, 4) is 11.5 Å². The summed E-state index contributed by atoms with van der Waals surface area (Å²) in [6.45, 7) is 2.07. The van der Waals surface area contributed by atoms with Crippen molar-refractivity contribution in [1.82, 2.24) is 24.3 Å². The van der Waals surface area contributed by atoms with Crippen LogP contribution in [0.2, 0.25) is 0 Å². The largest absolute Gasteiger partial charge is 0.424 e. The standard InChI is InChI=1S/C15H15F6N5O/c1-7-6-25-9(23-24-11(25)13(3-4-13)15(19,20)21)8-5-22-10(26(7)8)12(2,27)14(16,17)18/h5,7,27H,3-4,6H2,1-2H3/t7-,12?/m0/s1. The van der Waals surface area contributed by atoms with E-state index >= 15 is 0 Å². The highest BCUT2D eigenvalue weighted by molar-refractivity contribution is 5.53. The Balaban J connectivity index is 1.85. The second-order valence-electron chi connectivity index (χ2n) is 7.29. The van der Waals surface area contributed by atoms with E-state index in [-0.39, 0.29) is 36.7 Å². The summed E-state index contributed by atoms with van der Waals surface area (Å²) in [6.07, 6.45) is -8.59. The van der Waals surface area contributed by atoms with Crippen LogP contribution in [0.4, 0.5) is 26.3 Å². The van der Waals surface area contributed by atoms with Gasteiger partial charge in [-0.05, 0) is 26.7 Å². The predicted octanol–water partition coefficient (Wildman–Crippen LogP) is 3.08. The number of hydrogen-bond acceptors (Lipinski definition) is 4. The topological polar surface area (TPSA) is 68.8 Å². The second-order valence-corrected chi connectivity index (χ2v) is 7.29. The number of halogens is 6. The predicted molar refractivity (Wildman–Crippen MR) is 78.5 cm³/mol. The fourth-order valence-corrected chi connectivity index (χ4v) is 3.58. The summed E-state index contributed by atoms with van der Waals surface area (Å²) in [7, 11) is 0. The summed E-state index contributed by atoms with van der Waals surface area (Å²) in [6, 6.07) is -0.683. The monoisotopic (exact) mass is 395 g/mol. The molecule has 2 aliphatic rings. The number of aliphatic hydroxyl groups is 1. The molecule has 3 heterocycles. The Labute approximate surface area is 148 Å². The van der Waals surface area contributed by atoms with Gasteiger partial charge in [0, 0.05) is 6.54 Å². The molecule has 0 aromatic carbocycles. The van der Waals surface area contributed by atoms with Gasteiger partial charge in [0.25, 0.3) is 0 Å². The summed E-state index contributed by atoms with van der Waals surface area (Å²) in [4.78, 5) is 3.71. The molecule has 2 aromatic rings. The fraction of sp³-hybridized carbons (Fsp3) is 0.667. The van der Waals surface area contributed by atoms with Crippen molar-refractivity contribution in [2.24, 2.45) is 0 Å². The molecular formula is C15H15F6N5O. The van der Waals surface area contributed by atoms with Crippen LogP contribution in [-0.4, -0.2) is 41.8 Å². The van der Waals surface area contributed by atoms with Gasteiger partial charge >= 0.3 is 12.4 Å². The number of hydrogen-bond donors (Lipinski definition) is 1. The van der Waals surface area contributed by atoms with Crippen LogP contribution in [0.15, 0.2) is 6.20 Å². The van der Waals surface area contributed by atoms with E-state index in [9.17, 15) is 31.4 Å². The Morgan fingerprint density at radius 3 is 2.30 bits per heavy atom. The number of imidazole rings is 1. The normalized spacial score (nSPS) is 23.5. The minimum atomic E-state index is -4.97. The molecule has 1 fully saturated rings. The third-order valence-electron chi connectivity index (χ3n) is 5.37. The van der Waals surface area contributed by atoms with E-state index in [4.69, 9.17) is 0 Å². The molecule has 0 amide bonds. The highest BCUT2D eigenvalue weighted by Gasteiger charge is 2.67. The molecule has 2 aromatic heterocycles. The lowest BCUT2D eigenvalue weighted by Crippen LogP contribution is -2.43. The van der Waals surface area contributed by atoms with Crippen molar-refractivity contribution in [3.05, 3.63) is 17.8 Å². The van der Waals surface area contributed by atoms with Gasteiger partial charge in [-0.15, -0.1) is 10.2 Å². The zero-order valence-electron chi connectivity index (χ0n) is 14.2. The lowest BCUT2D eigenvalue weighted by Gasteiger charge is -2.32. The average Bonchev–Trinajstić information content (AvgIpc) is 3.03. The van der Waals surface area contributed by atoms with Crippen molar-refractivity contribution in [1.29, 1.82) is 0 Å². The van der Waals surface area contributed by atoms with E-state index in [1.54, 1.807) is 6.92 Å². The van der Waals surface area contributed by atoms with Gasteiger partial charge in [-0.1, -0.05) is 0 Å². The minimum absolute atomic E-state index is 0.00958. The molecule has 2 atom stereocenters. The molecule has 0 radical (unpaired) electrons. The summed E-state index contributed by atoms with van der Waals surface area (Å²) in [5.74, 6) is -0.853. The number of aromatic nitrogens is 5. The number of rotatable bonds is 2. The van der Waals surface area contributed by atoms with Crippen LogP contribution in [-0.2, 0) is 17.6 Å². The van der Waals surface area contributed by atoms with Crippen LogP contribution >= 0.6 is 0 Å². The summed E-state index contributed by atoms with van der Waals surface area (Å²) in [5, 5.41) is 17.5. The first-order chi connectivity index (χ1) is 12.3. The van der Waals surface area contributed by atoms with Gasteiger partial charge in [-0.2, -0.15) is 26.3 Å². The molecule has 0 bridgehead atoms. The zero-order chi connectivity index (χ0) is 20.0. The summed E-state index contributed by atoms with van der Waals surface area (Å²) < 4.78 is 82.5. The van der Waals surface area contributed by atoms with Gasteiger partial charge in [0.2, 0.25) is 5.60 Å². The van der Waals surface area contributed by atoms with Crippen LogP contribution in [0.25, 0.3) is 11.5 Å². The van der Waals surface area contributed by atoms with E-state index in [1.807, 2.05) is 0 Å². The Morgan fingerprint density at radius 2 is 1.78 bits per heavy atom. The molecule has 0 spiro atoms. The Bertz CT molecular complexity index is 905. The molecule has 1 saturated carbocycles. The quantitative estimate of drug-likeness (QED) is 0.794. The summed E-state index contributed by atoms with van der Waals surface area (Å²) in [5.41, 5.74) is -5.18. The maximum absolute atomic E-state index is 13.5. The molecule has 0 saturated heterocycles. The minimum Gasteiger partial charge on any atom is -0.374 e. The van der Waals surface area contributed by atoms with Crippen LogP contribution < -0.4 is 0 Å². The lowest BCUT2D eigenvalue weighted by molar-refractivity contribution is -0.262. The molecule has 27 heavy (non-hydrogen) atoms. The maximum atomic E-state index is 13.5. The molecule has 1 N–H and O–H groups in total. The van der Waals surface area contributed by atoms with Gasteiger partial charge in [-0.25, -0.2) is 4.98 Å². The smallest absolute Gasteiger partial charge is 0.374 e. The van der Waals surface area contributed by atoms with E-state index in [1.165, 1.54) is 4.57 Å². The highest BCUT2D eigenvalue weighted by Crippen LogP contribution is 2.59. The Morgan fingerprint density at radius 1 is 1.15 bits per heavy atom. The van der Waals surface area contributed by atoms with Crippen molar-refractivity contribution in [3.63, 3.8) is 0 Å². The average molecular weight is 395 g/mol. The second kappa shape index (κ2) is 5.03. The van der Waals surface area contributed by atoms with E-state index in [0.29, 0.717) is 6.92 Å². The molecule has 6 nitrogen and oxygen atoms in total. The third kappa shape index (κ3) is 2.28. The first-order valence-corrected chi connectivity index (χ1v) is 8.19. The number of nitrogens with zero attached hydrogens (tertiary/aromatic N) is 5. The molecule has 4 rings (SSSR count). The maximum Gasteiger partial charge on any atom is 0.424 e. The zero-order valence-corrected chi connectivity index (χ0v) is 14.2. The van der Waals surface area contributed by atoms with Crippen LogP contribution in [0.5, 0.6) is 0 Å². The first-order valence-electron chi connectivity index (χ1n) is 8.19. The van der Waals surface area contributed by atoms with Gasteiger partial charge < -0.3 is 14.2 Å². The number of fused-ring (bicyclic) bond motifs is 3. The molecular weight excluding hydrogens is 380 g/mol. The SMILES string of the molecule is C[C@H]1Cn2c(nnc2C2(C(F)(F)F)CC2)-c2cnc(C(C)(O)C(F)(F)F)n21. The Kier molecular flexibility index (Phi) is 3.40. The summed E-state index contributed by atoms with van der Waals surface area (Å²) >= 11 is 0. The highest BCUT2D eigenvalue weighted by atomic mass is 19.4. The van der Waals surface area contributed by atoms with Crippen LogP contribution in [0.1, 0.15) is 44.4 Å². The molecule has 1 aliphatic heterocycles. The van der Waals surface area contributed by atoms with Crippen LogP contribution in [0.3, 0.4) is 0 Å². The lowest BCUT2D eigenvalue weighted by atomic mass is 10.0. The molecule has 1 unspecified atom stereocenters. The first kappa shape index (κ1) is 18.3. The van der Waals surface area contributed by atoms with Gasteiger partial charge in [0.05, 0.1) is 12.2 Å². The Hall–Kier alpha value is -2.11. The van der Waals surface area contributed by atoms with Crippen LogP contribution in [0, 0.1) is 0 Å². The van der Waals surface area contributed by atoms with Crippen molar-refractivity contribution >= 4 is 0 Å². The molecule has 148 valence electrons. The van der Waals surface area contributed by atoms with Crippen molar-refractivity contribution in [2.45, 2.75) is 62.6 Å². The number of alkyl halides is 6. The van der Waals surface area contributed by atoms with E-state index in [0.717, 1.165) is 10.8 Å². The van der Waals surface area contributed by atoms with Gasteiger partial charge in [-0.3, -0.25) is 0 Å². The van der Waals surface area contributed by atoms with Crippen molar-refractivity contribution in [2.75, 3.05) is 0 Å². The molecule has 12 heteroatoms. The van der Waals surface area contributed by atoms with Gasteiger partial charge in [0.15, 0.2) is 11.6 Å². The third-order valence-corrected chi connectivity index (χ3v) is 5.37. The van der Waals surface area contributed by atoms with Gasteiger partial charge in [0.1, 0.15) is 16.9 Å². The molecule has 1 aliphatic carbocycles. The van der Waals surface area contributed by atoms with E-state index in [2.05, 4.69) is 15.2 Å².